The Morgan fingerprint density at radius 3 is 2.57 bits per heavy atom. The lowest BCUT2D eigenvalue weighted by Gasteiger charge is -2.15. The first-order valence-electron chi connectivity index (χ1n) is 12.4. The number of anilines is 1. The average Bonchev–Trinajstić information content (AvgIpc) is 3.38. The number of rotatable bonds is 10. The zero-order chi connectivity index (χ0) is 26.2. The molecule has 0 spiro atoms. The van der Waals surface area contributed by atoms with Crippen molar-refractivity contribution in [1.29, 1.82) is 0 Å². The predicted octanol–water partition coefficient (Wildman–Crippen LogP) is 4.67. The molecule has 1 aliphatic rings. The number of carbonyl (C=O) groups is 1. The van der Waals surface area contributed by atoms with E-state index < -0.39 is 23.5 Å². The van der Waals surface area contributed by atoms with E-state index in [1.165, 1.54) is 29.7 Å². The van der Waals surface area contributed by atoms with E-state index in [2.05, 4.69) is 15.3 Å². The van der Waals surface area contributed by atoms with Crippen LogP contribution in [0.15, 0.2) is 53.3 Å². The summed E-state index contributed by atoms with van der Waals surface area (Å²) in [7, 11) is 0. The van der Waals surface area contributed by atoms with E-state index in [0.29, 0.717) is 17.7 Å². The number of aromatic nitrogens is 2. The van der Waals surface area contributed by atoms with Gasteiger partial charge in [-0.1, -0.05) is 12.1 Å². The Labute approximate surface area is 213 Å². The third-order valence-corrected chi connectivity index (χ3v) is 6.01. The van der Waals surface area contributed by atoms with Crippen LogP contribution in [0.1, 0.15) is 31.7 Å². The average molecular weight is 513 g/mol. The third-order valence-electron chi connectivity index (χ3n) is 6.01. The molecule has 37 heavy (non-hydrogen) atoms. The molecule has 0 saturated carbocycles. The molecular formula is C27H30F2N4O4. The van der Waals surface area contributed by atoms with Gasteiger partial charge in [-0.25, -0.2) is 18.3 Å². The van der Waals surface area contributed by atoms with Crippen LogP contribution < -0.4 is 15.6 Å². The van der Waals surface area contributed by atoms with Gasteiger partial charge in [0.15, 0.2) is 17.4 Å². The first-order chi connectivity index (χ1) is 17.9. The molecule has 0 atom stereocenters. The molecular weight excluding hydrogens is 482 g/mol. The standard InChI is InChI=1S/C27H30F2N4O4/c1-2-36-27(35)30-21-8-5-7-19(15-21)18-33-25(34)10-9-24(31-33)20-16-22(28)26(23(29)17-20)37-14-6-13-32-11-3-4-12-32/h5,7-10,15-17H,2-4,6,11-14,18H2,1H3,(H,30,35). The van der Waals surface area contributed by atoms with Crippen LogP contribution in [0.5, 0.6) is 5.75 Å². The molecule has 2 aromatic carbocycles. The predicted molar refractivity (Wildman–Crippen MR) is 136 cm³/mol. The Morgan fingerprint density at radius 1 is 1.08 bits per heavy atom. The monoisotopic (exact) mass is 512 g/mol. The van der Waals surface area contributed by atoms with Crippen LogP contribution >= 0.6 is 0 Å². The van der Waals surface area contributed by atoms with E-state index in [1.54, 1.807) is 31.2 Å². The number of likely N-dealkylation sites (tertiary alicyclic amines) is 1. The van der Waals surface area contributed by atoms with E-state index in [1.807, 2.05) is 0 Å². The lowest BCUT2D eigenvalue weighted by molar-refractivity contribution is 0.168. The van der Waals surface area contributed by atoms with Crippen LogP contribution in [-0.2, 0) is 11.3 Å². The molecule has 1 N–H and O–H groups in total. The molecule has 3 aromatic rings. The summed E-state index contributed by atoms with van der Waals surface area (Å²) in [6, 6.07) is 11.9. The van der Waals surface area contributed by atoms with Crippen LogP contribution in [0.2, 0.25) is 0 Å². The summed E-state index contributed by atoms with van der Waals surface area (Å²) in [4.78, 5) is 26.4. The minimum atomic E-state index is -0.825. The summed E-state index contributed by atoms with van der Waals surface area (Å²) in [5.41, 5.74) is 1.23. The molecule has 0 bridgehead atoms. The highest BCUT2D eigenvalue weighted by molar-refractivity contribution is 5.84. The van der Waals surface area contributed by atoms with Gasteiger partial charge in [0.1, 0.15) is 0 Å². The van der Waals surface area contributed by atoms with E-state index >= 15 is 0 Å². The Balaban J connectivity index is 1.45. The maximum Gasteiger partial charge on any atom is 0.411 e. The molecule has 196 valence electrons. The molecule has 8 nitrogen and oxygen atoms in total. The number of amides is 1. The van der Waals surface area contributed by atoms with Gasteiger partial charge in [-0.15, -0.1) is 0 Å². The van der Waals surface area contributed by atoms with Gasteiger partial charge in [-0.2, -0.15) is 5.10 Å². The second-order valence-corrected chi connectivity index (χ2v) is 8.78. The smallest absolute Gasteiger partial charge is 0.411 e. The van der Waals surface area contributed by atoms with Crippen molar-refractivity contribution in [2.45, 2.75) is 32.7 Å². The fourth-order valence-corrected chi connectivity index (χ4v) is 4.24. The number of halogens is 2. The zero-order valence-corrected chi connectivity index (χ0v) is 20.7. The normalized spacial score (nSPS) is 13.5. The second kappa shape index (κ2) is 12.4. The van der Waals surface area contributed by atoms with Crippen molar-refractivity contribution in [3.05, 3.63) is 76.1 Å². The van der Waals surface area contributed by atoms with Gasteiger partial charge in [0, 0.05) is 23.9 Å². The SMILES string of the molecule is CCOC(=O)Nc1cccc(Cn2nc(-c3cc(F)c(OCCCN4CCCC4)c(F)c3)ccc2=O)c1. The molecule has 0 aliphatic carbocycles. The van der Waals surface area contributed by atoms with Crippen molar-refractivity contribution in [2.24, 2.45) is 0 Å². The Bertz CT molecular complexity index is 1270. The Kier molecular flexibility index (Phi) is 8.84. The van der Waals surface area contributed by atoms with E-state index in [4.69, 9.17) is 9.47 Å². The number of nitrogens with one attached hydrogen (secondary N) is 1. The first-order valence-corrected chi connectivity index (χ1v) is 12.4. The summed E-state index contributed by atoms with van der Waals surface area (Å²) < 4.78 is 40.9. The highest BCUT2D eigenvalue weighted by Gasteiger charge is 2.16. The maximum absolute atomic E-state index is 14.7. The quantitative estimate of drug-likeness (QED) is 0.398. The highest BCUT2D eigenvalue weighted by Crippen LogP contribution is 2.28. The van der Waals surface area contributed by atoms with Crippen LogP contribution in [0.3, 0.4) is 0 Å². The molecule has 0 radical (unpaired) electrons. The van der Waals surface area contributed by atoms with Crippen molar-refractivity contribution in [2.75, 3.05) is 38.2 Å². The minimum absolute atomic E-state index is 0.0915. The van der Waals surface area contributed by atoms with E-state index in [-0.39, 0.29) is 36.6 Å². The number of hydrogen-bond acceptors (Lipinski definition) is 6. The molecule has 4 rings (SSSR count). The topological polar surface area (TPSA) is 85.7 Å². The van der Waals surface area contributed by atoms with Crippen LogP contribution in [0, 0.1) is 11.6 Å². The van der Waals surface area contributed by atoms with Gasteiger partial charge >= 0.3 is 6.09 Å². The Morgan fingerprint density at radius 2 is 1.84 bits per heavy atom. The van der Waals surface area contributed by atoms with Gasteiger partial charge < -0.3 is 14.4 Å². The number of hydrogen-bond donors (Lipinski definition) is 1. The van der Waals surface area contributed by atoms with E-state index in [9.17, 15) is 18.4 Å². The van der Waals surface area contributed by atoms with Crippen LogP contribution in [0.4, 0.5) is 19.3 Å². The summed E-state index contributed by atoms with van der Waals surface area (Å²) >= 11 is 0. The molecule has 2 heterocycles. The van der Waals surface area contributed by atoms with Gasteiger partial charge in [-0.05, 0) is 75.2 Å². The number of carbonyl (C=O) groups excluding carboxylic acids is 1. The van der Waals surface area contributed by atoms with Crippen molar-refractivity contribution < 1.29 is 23.0 Å². The largest absolute Gasteiger partial charge is 0.488 e. The number of ether oxygens (including phenoxy) is 2. The van der Waals surface area contributed by atoms with Gasteiger partial charge in [0.25, 0.3) is 5.56 Å². The first kappa shape index (κ1) is 26.3. The fourth-order valence-electron chi connectivity index (χ4n) is 4.24. The number of nitrogens with zero attached hydrogens (tertiary/aromatic N) is 3. The third kappa shape index (κ3) is 7.13. The van der Waals surface area contributed by atoms with Gasteiger partial charge in [-0.3, -0.25) is 10.1 Å². The van der Waals surface area contributed by atoms with Crippen molar-refractivity contribution in [3.63, 3.8) is 0 Å². The van der Waals surface area contributed by atoms with Crippen LogP contribution in [0.25, 0.3) is 11.3 Å². The van der Waals surface area contributed by atoms with E-state index in [0.717, 1.165) is 31.8 Å². The Hall–Kier alpha value is -3.79. The molecule has 1 aromatic heterocycles. The maximum atomic E-state index is 14.7. The zero-order valence-electron chi connectivity index (χ0n) is 20.7. The second-order valence-electron chi connectivity index (χ2n) is 8.78. The van der Waals surface area contributed by atoms with Crippen molar-refractivity contribution in [1.82, 2.24) is 14.7 Å². The number of benzene rings is 2. The molecule has 0 unspecified atom stereocenters. The van der Waals surface area contributed by atoms with Crippen molar-refractivity contribution in [3.8, 4) is 17.0 Å². The summed E-state index contributed by atoms with van der Waals surface area (Å²) in [6.07, 6.45) is 2.47. The molecule has 10 heteroatoms. The molecule has 1 amide bonds. The van der Waals surface area contributed by atoms with Crippen LogP contribution in [-0.4, -0.2) is 53.6 Å². The molecule has 1 fully saturated rings. The summed E-state index contributed by atoms with van der Waals surface area (Å²) in [5.74, 6) is -2.06. The lowest BCUT2D eigenvalue weighted by Crippen LogP contribution is -2.23. The van der Waals surface area contributed by atoms with Gasteiger partial charge in [0.2, 0.25) is 0 Å². The van der Waals surface area contributed by atoms with Crippen molar-refractivity contribution >= 4 is 11.8 Å². The summed E-state index contributed by atoms with van der Waals surface area (Å²) in [6.45, 7) is 5.21. The fraction of sp³-hybridized carbons (Fsp3) is 0.370. The lowest BCUT2D eigenvalue weighted by atomic mass is 10.1. The minimum Gasteiger partial charge on any atom is -0.488 e. The van der Waals surface area contributed by atoms with Gasteiger partial charge in [0.05, 0.1) is 25.5 Å². The molecule has 1 aliphatic heterocycles. The molecule has 1 saturated heterocycles. The highest BCUT2D eigenvalue weighted by atomic mass is 19.1. The summed E-state index contributed by atoms with van der Waals surface area (Å²) in [5, 5.41) is 6.91.